The monoisotopic (exact) mass is 294 g/mol. The first kappa shape index (κ1) is 16.2. The van der Waals surface area contributed by atoms with Crippen LogP contribution in [0.15, 0.2) is 29.2 Å². The number of rotatable bonds is 6. The van der Waals surface area contributed by atoms with Crippen LogP contribution < -0.4 is 10.0 Å². The molecular weight excluding hydrogens is 276 g/mol. The van der Waals surface area contributed by atoms with Crippen molar-refractivity contribution >= 4 is 15.9 Å². The summed E-state index contributed by atoms with van der Waals surface area (Å²) >= 11 is 0. The predicted molar refractivity (Wildman–Crippen MR) is 77.7 cm³/mol. The maximum Gasteiger partial charge on any atom is 0.251 e. The zero-order valence-electron chi connectivity index (χ0n) is 11.5. The van der Waals surface area contributed by atoms with Crippen LogP contribution in [0.2, 0.25) is 0 Å². The predicted octanol–water partition coefficient (Wildman–Crippen LogP) is 1.13. The second-order valence-electron chi connectivity index (χ2n) is 4.34. The molecule has 1 rings (SSSR count). The van der Waals surface area contributed by atoms with Crippen molar-refractivity contribution in [3.8, 4) is 12.3 Å². The Kier molecular flexibility index (Phi) is 5.74. The van der Waals surface area contributed by atoms with Crippen LogP contribution >= 0.6 is 0 Å². The maximum absolute atomic E-state index is 11.8. The highest BCUT2D eigenvalue weighted by Gasteiger charge is 2.14. The van der Waals surface area contributed by atoms with Crippen LogP contribution in [0.25, 0.3) is 0 Å². The second kappa shape index (κ2) is 7.08. The molecule has 5 nitrogen and oxygen atoms in total. The Morgan fingerprint density at radius 2 is 1.95 bits per heavy atom. The number of sulfonamides is 1. The van der Waals surface area contributed by atoms with Gasteiger partial charge in [-0.3, -0.25) is 4.79 Å². The van der Waals surface area contributed by atoms with Crippen molar-refractivity contribution in [3.05, 3.63) is 29.8 Å². The molecule has 1 unspecified atom stereocenters. The summed E-state index contributed by atoms with van der Waals surface area (Å²) in [5.41, 5.74) is 0.418. The fourth-order valence-electron chi connectivity index (χ4n) is 1.41. The van der Waals surface area contributed by atoms with Gasteiger partial charge in [-0.2, -0.15) is 4.72 Å². The lowest BCUT2D eigenvalue weighted by Crippen LogP contribution is -2.32. The number of amides is 1. The third-order valence-corrected chi connectivity index (χ3v) is 4.20. The maximum atomic E-state index is 11.8. The molecular formula is C14H18N2O3S. The lowest BCUT2D eigenvalue weighted by molar-refractivity contribution is 0.0939. The van der Waals surface area contributed by atoms with Crippen molar-refractivity contribution in [2.75, 3.05) is 6.54 Å². The van der Waals surface area contributed by atoms with Crippen molar-refractivity contribution < 1.29 is 13.2 Å². The van der Waals surface area contributed by atoms with E-state index in [4.69, 9.17) is 6.42 Å². The SMILES string of the molecule is C#CCNS(=O)(=O)c1ccc(C(=O)NC(C)CC)cc1. The number of carbonyl (C=O) groups is 1. The average molecular weight is 294 g/mol. The average Bonchev–Trinajstić information content (AvgIpc) is 2.45. The molecule has 0 fully saturated rings. The lowest BCUT2D eigenvalue weighted by Gasteiger charge is -2.11. The van der Waals surface area contributed by atoms with Crippen LogP contribution in [0.4, 0.5) is 0 Å². The first-order valence-electron chi connectivity index (χ1n) is 6.24. The summed E-state index contributed by atoms with van der Waals surface area (Å²) in [7, 11) is -3.62. The zero-order chi connectivity index (χ0) is 15.2. The molecule has 1 amide bonds. The summed E-state index contributed by atoms with van der Waals surface area (Å²) in [6, 6.07) is 5.78. The highest BCUT2D eigenvalue weighted by molar-refractivity contribution is 7.89. The van der Waals surface area contributed by atoms with E-state index in [1.165, 1.54) is 24.3 Å². The Balaban J connectivity index is 2.84. The van der Waals surface area contributed by atoms with Gasteiger partial charge in [-0.05, 0) is 37.6 Å². The van der Waals surface area contributed by atoms with Crippen molar-refractivity contribution in [1.82, 2.24) is 10.0 Å². The minimum Gasteiger partial charge on any atom is -0.350 e. The largest absolute Gasteiger partial charge is 0.350 e. The van der Waals surface area contributed by atoms with Crippen molar-refractivity contribution in [3.63, 3.8) is 0 Å². The number of nitrogens with one attached hydrogen (secondary N) is 2. The van der Waals surface area contributed by atoms with Gasteiger partial charge in [0.2, 0.25) is 10.0 Å². The van der Waals surface area contributed by atoms with Crippen LogP contribution in [0, 0.1) is 12.3 Å². The molecule has 0 heterocycles. The fourth-order valence-corrected chi connectivity index (χ4v) is 2.35. The van der Waals surface area contributed by atoms with Crippen molar-refractivity contribution in [2.45, 2.75) is 31.2 Å². The van der Waals surface area contributed by atoms with Gasteiger partial charge in [0.25, 0.3) is 5.91 Å². The molecule has 1 aromatic rings. The quantitative estimate of drug-likeness (QED) is 0.772. The topological polar surface area (TPSA) is 75.3 Å². The first-order valence-corrected chi connectivity index (χ1v) is 7.73. The number of terminal acetylenes is 1. The molecule has 0 aliphatic rings. The zero-order valence-corrected chi connectivity index (χ0v) is 12.3. The van der Waals surface area contributed by atoms with E-state index in [0.717, 1.165) is 6.42 Å². The molecule has 20 heavy (non-hydrogen) atoms. The van der Waals surface area contributed by atoms with Crippen LogP contribution in [-0.2, 0) is 10.0 Å². The summed E-state index contributed by atoms with van der Waals surface area (Å²) < 4.78 is 25.8. The van der Waals surface area contributed by atoms with Crippen LogP contribution in [0.1, 0.15) is 30.6 Å². The smallest absolute Gasteiger partial charge is 0.251 e. The molecule has 1 atom stereocenters. The van der Waals surface area contributed by atoms with E-state index in [0.29, 0.717) is 5.56 Å². The minimum absolute atomic E-state index is 0.0708. The highest BCUT2D eigenvalue weighted by Crippen LogP contribution is 2.10. The summed E-state index contributed by atoms with van der Waals surface area (Å²) in [6.07, 6.45) is 5.83. The van der Waals surface area contributed by atoms with E-state index in [2.05, 4.69) is 16.0 Å². The third-order valence-electron chi connectivity index (χ3n) is 2.78. The Morgan fingerprint density at radius 3 is 2.45 bits per heavy atom. The molecule has 108 valence electrons. The Labute approximate surface area is 119 Å². The molecule has 0 spiro atoms. The number of hydrogen-bond donors (Lipinski definition) is 2. The first-order chi connectivity index (χ1) is 9.40. The van der Waals surface area contributed by atoms with Crippen LogP contribution in [0.5, 0.6) is 0 Å². The fraction of sp³-hybridized carbons (Fsp3) is 0.357. The summed E-state index contributed by atoms with van der Waals surface area (Å²) in [4.78, 5) is 11.9. The number of benzene rings is 1. The molecule has 2 N–H and O–H groups in total. The van der Waals surface area contributed by atoms with Crippen molar-refractivity contribution in [1.29, 1.82) is 0 Å². The van der Waals surface area contributed by atoms with Gasteiger partial charge in [0, 0.05) is 11.6 Å². The standard InChI is InChI=1S/C14H18N2O3S/c1-4-10-15-20(18,19)13-8-6-12(7-9-13)14(17)16-11(3)5-2/h1,6-9,11,15H,5,10H2,2-3H3,(H,16,17). The summed E-state index contributed by atoms with van der Waals surface area (Å²) in [5, 5.41) is 2.81. The van der Waals surface area contributed by atoms with Gasteiger partial charge >= 0.3 is 0 Å². The molecule has 0 aromatic heterocycles. The molecule has 0 bridgehead atoms. The normalized spacial score (nSPS) is 12.4. The molecule has 6 heteroatoms. The van der Waals surface area contributed by atoms with Gasteiger partial charge in [0.15, 0.2) is 0 Å². The molecule has 0 saturated carbocycles. The van der Waals surface area contributed by atoms with Gasteiger partial charge in [0.1, 0.15) is 0 Å². The second-order valence-corrected chi connectivity index (χ2v) is 6.10. The van der Waals surface area contributed by atoms with Crippen molar-refractivity contribution in [2.24, 2.45) is 0 Å². The summed E-state index contributed by atoms with van der Waals surface area (Å²) in [5.74, 6) is 1.97. The number of carbonyl (C=O) groups excluding carboxylic acids is 1. The lowest BCUT2D eigenvalue weighted by atomic mass is 10.2. The molecule has 1 aromatic carbocycles. The van der Waals surface area contributed by atoms with Gasteiger partial charge in [0.05, 0.1) is 11.4 Å². The van der Waals surface area contributed by atoms with E-state index in [-0.39, 0.29) is 23.4 Å². The molecule has 0 saturated heterocycles. The highest BCUT2D eigenvalue weighted by atomic mass is 32.2. The van der Waals surface area contributed by atoms with Crippen LogP contribution in [0.3, 0.4) is 0 Å². The van der Waals surface area contributed by atoms with E-state index in [9.17, 15) is 13.2 Å². The third kappa shape index (κ3) is 4.37. The Morgan fingerprint density at radius 1 is 1.35 bits per heavy atom. The van der Waals surface area contributed by atoms with E-state index >= 15 is 0 Å². The van der Waals surface area contributed by atoms with Gasteiger partial charge in [-0.25, -0.2) is 8.42 Å². The van der Waals surface area contributed by atoms with Crippen LogP contribution in [-0.4, -0.2) is 26.9 Å². The van der Waals surface area contributed by atoms with E-state index in [1.54, 1.807) is 0 Å². The molecule has 0 aliphatic carbocycles. The summed E-state index contributed by atoms with van der Waals surface area (Å²) in [6.45, 7) is 3.80. The van der Waals surface area contributed by atoms with E-state index in [1.807, 2.05) is 13.8 Å². The number of hydrogen-bond acceptors (Lipinski definition) is 3. The van der Waals surface area contributed by atoms with Gasteiger partial charge in [-0.15, -0.1) is 6.42 Å². The van der Waals surface area contributed by atoms with E-state index < -0.39 is 10.0 Å². The van der Waals surface area contributed by atoms with Gasteiger partial charge in [-0.1, -0.05) is 12.8 Å². The van der Waals surface area contributed by atoms with Gasteiger partial charge < -0.3 is 5.32 Å². The minimum atomic E-state index is -3.62. The Hall–Kier alpha value is -1.84. The Bertz CT molecular complexity index is 600. The molecule has 0 aliphatic heterocycles. The molecule has 0 radical (unpaired) electrons.